The zero-order valence-corrected chi connectivity index (χ0v) is 19.9. The van der Waals surface area contributed by atoms with E-state index in [2.05, 4.69) is 6.92 Å². The Morgan fingerprint density at radius 2 is 1.00 bits per heavy atom. The van der Waals surface area contributed by atoms with Crippen LogP contribution in [0.1, 0.15) is 97.8 Å². The van der Waals surface area contributed by atoms with Crippen molar-refractivity contribution in [2.24, 2.45) is 0 Å². The van der Waals surface area contributed by atoms with Crippen molar-refractivity contribution in [2.45, 2.75) is 110 Å². The van der Waals surface area contributed by atoms with Crippen molar-refractivity contribution in [3.05, 3.63) is 0 Å². The van der Waals surface area contributed by atoms with Gasteiger partial charge in [0.2, 0.25) is 0 Å². The number of quaternary nitrogens is 1. The van der Waals surface area contributed by atoms with Gasteiger partial charge in [0.15, 0.2) is 0 Å². The van der Waals surface area contributed by atoms with Crippen LogP contribution in [0.25, 0.3) is 0 Å². The molecule has 3 N–H and O–H groups in total. The summed E-state index contributed by atoms with van der Waals surface area (Å²) in [5, 5.41) is 29.1. The van der Waals surface area contributed by atoms with E-state index in [1.54, 1.807) is 13.8 Å². The maximum Gasteiger partial charge on any atom is 0.105 e. The maximum atomic E-state index is 9.84. The highest BCUT2D eigenvalue weighted by Gasteiger charge is 2.29. The number of halogens is 1. The average Bonchev–Trinajstić information content (AvgIpc) is 2.55. The van der Waals surface area contributed by atoms with E-state index in [0.717, 1.165) is 13.0 Å². The molecule has 0 spiro atoms. The van der Waals surface area contributed by atoms with Crippen LogP contribution in [0.15, 0.2) is 0 Å². The van der Waals surface area contributed by atoms with Crippen LogP contribution in [-0.2, 0) is 0 Å². The van der Waals surface area contributed by atoms with Crippen molar-refractivity contribution in [3.8, 4) is 0 Å². The molecule has 0 saturated carbocycles. The second-order valence-corrected chi connectivity index (χ2v) is 8.46. The normalized spacial score (nSPS) is 15.8. The highest BCUT2D eigenvalue weighted by atomic mass is 79.9. The molecule has 0 radical (unpaired) electrons. The lowest BCUT2D eigenvalue weighted by molar-refractivity contribution is -0.933. The van der Waals surface area contributed by atoms with Gasteiger partial charge in [0.1, 0.15) is 31.8 Å². The second kappa shape index (κ2) is 19.6. The molecule has 0 heterocycles. The first kappa shape index (κ1) is 29.5. The highest BCUT2D eigenvalue weighted by molar-refractivity contribution is 4.56. The molecule has 0 amide bonds. The van der Waals surface area contributed by atoms with Gasteiger partial charge in [-0.15, -0.1) is 0 Å². The van der Waals surface area contributed by atoms with E-state index in [9.17, 15) is 15.3 Å². The molecular formula is C22H48BrNO3. The van der Waals surface area contributed by atoms with Crippen LogP contribution >= 0.6 is 0 Å². The molecule has 0 bridgehead atoms. The van der Waals surface area contributed by atoms with Crippen LogP contribution in [0, 0.1) is 0 Å². The van der Waals surface area contributed by atoms with E-state index < -0.39 is 12.2 Å². The molecule has 27 heavy (non-hydrogen) atoms. The van der Waals surface area contributed by atoms with Crippen LogP contribution in [0.2, 0.25) is 0 Å². The summed E-state index contributed by atoms with van der Waals surface area (Å²) in [4.78, 5) is 0. The molecule has 166 valence electrons. The highest BCUT2D eigenvalue weighted by Crippen LogP contribution is 2.16. The third-order valence-electron chi connectivity index (χ3n) is 5.36. The Balaban J connectivity index is 0. The number of nitrogens with zero attached hydrogens (tertiary/aromatic N) is 1. The molecule has 0 aromatic carbocycles. The lowest BCUT2D eigenvalue weighted by Gasteiger charge is -2.40. The van der Waals surface area contributed by atoms with Crippen molar-refractivity contribution >= 4 is 0 Å². The minimum Gasteiger partial charge on any atom is -1.00 e. The van der Waals surface area contributed by atoms with E-state index in [0.29, 0.717) is 24.1 Å². The van der Waals surface area contributed by atoms with E-state index in [4.69, 9.17) is 0 Å². The Morgan fingerprint density at radius 3 is 1.33 bits per heavy atom. The summed E-state index contributed by atoms with van der Waals surface area (Å²) in [6.07, 6.45) is 15.2. The Hall–Kier alpha value is 0.320. The monoisotopic (exact) mass is 453 g/mol. The van der Waals surface area contributed by atoms with Crippen LogP contribution in [0.5, 0.6) is 0 Å². The van der Waals surface area contributed by atoms with Gasteiger partial charge in [-0.2, -0.15) is 0 Å². The molecule has 0 fully saturated rings. The zero-order chi connectivity index (χ0) is 19.7. The predicted octanol–water partition coefficient (Wildman–Crippen LogP) is 1.26. The molecule has 0 rings (SSSR count). The lowest BCUT2D eigenvalue weighted by atomic mass is 10.0. The topological polar surface area (TPSA) is 60.7 Å². The Labute approximate surface area is 179 Å². The van der Waals surface area contributed by atoms with Crippen molar-refractivity contribution in [2.75, 3.05) is 32.8 Å². The Bertz CT molecular complexity index is 291. The summed E-state index contributed by atoms with van der Waals surface area (Å²) < 4.78 is 0.629. The molecule has 0 aliphatic carbocycles. The van der Waals surface area contributed by atoms with Gasteiger partial charge in [0.25, 0.3) is 0 Å². The molecule has 2 atom stereocenters. The SMILES string of the molecule is CCCCCCCCCCCCCC[N+](CCO)(CC(C)O)CC(C)O.[Br-]. The minimum absolute atomic E-state index is 0. The summed E-state index contributed by atoms with van der Waals surface area (Å²) in [7, 11) is 0. The Morgan fingerprint density at radius 1 is 0.630 bits per heavy atom. The summed E-state index contributed by atoms with van der Waals surface area (Å²) in [6, 6.07) is 0. The van der Waals surface area contributed by atoms with Crippen molar-refractivity contribution < 1.29 is 36.8 Å². The standard InChI is InChI=1S/C22H48NO3.BrH/c1-4-5-6-7-8-9-10-11-12-13-14-15-16-23(17-18-24,19-21(2)25)20-22(3)26;/h21-22,24-26H,4-20H2,1-3H3;1H/q+1;/p-1. The fourth-order valence-electron chi connectivity index (χ4n) is 4.17. The first-order valence-corrected chi connectivity index (χ1v) is 11.3. The van der Waals surface area contributed by atoms with Gasteiger partial charge in [-0.1, -0.05) is 71.1 Å². The molecule has 5 heteroatoms. The Kier molecular flexibility index (Phi) is 21.5. The largest absolute Gasteiger partial charge is 1.00 e. The van der Waals surface area contributed by atoms with Gasteiger partial charge in [-0.05, 0) is 26.7 Å². The number of aliphatic hydroxyl groups is 3. The van der Waals surface area contributed by atoms with Gasteiger partial charge in [-0.3, -0.25) is 0 Å². The molecule has 0 aliphatic heterocycles. The second-order valence-electron chi connectivity index (χ2n) is 8.46. The smallest absolute Gasteiger partial charge is 0.105 e. The molecule has 0 aromatic heterocycles. The van der Waals surface area contributed by atoms with E-state index in [-0.39, 0.29) is 23.6 Å². The first-order chi connectivity index (χ1) is 12.5. The summed E-state index contributed by atoms with van der Waals surface area (Å²) in [5.74, 6) is 0. The van der Waals surface area contributed by atoms with Crippen LogP contribution < -0.4 is 17.0 Å². The fourth-order valence-corrected chi connectivity index (χ4v) is 4.17. The minimum atomic E-state index is -0.405. The van der Waals surface area contributed by atoms with Gasteiger partial charge in [-0.25, -0.2) is 0 Å². The van der Waals surface area contributed by atoms with E-state index in [1.807, 2.05) is 0 Å². The van der Waals surface area contributed by atoms with Crippen molar-refractivity contribution in [1.82, 2.24) is 0 Å². The van der Waals surface area contributed by atoms with E-state index in [1.165, 1.54) is 70.6 Å². The number of hydrogen-bond donors (Lipinski definition) is 3. The first-order valence-electron chi connectivity index (χ1n) is 11.3. The molecular weight excluding hydrogens is 406 g/mol. The third kappa shape index (κ3) is 18.1. The number of hydrogen-bond acceptors (Lipinski definition) is 3. The summed E-state index contributed by atoms with van der Waals surface area (Å²) >= 11 is 0. The number of unbranched alkanes of at least 4 members (excludes halogenated alkanes) is 11. The fraction of sp³-hybridized carbons (Fsp3) is 1.00. The molecule has 0 aromatic rings. The maximum absolute atomic E-state index is 9.84. The van der Waals surface area contributed by atoms with Gasteiger partial charge in [0, 0.05) is 0 Å². The third-order valence-corrected chi connectivity index (χ3v) is 5.36. The predicted molar refractivity (Wildman–Crippen MR) is 111 cm³/mol. The zero-order valence-electron chi connectivity index (χ0n) is 18.3. The van der Waals surface area contributed by atoms with Crippen LogP contribution in [0.3, 0.4) is 0 Å². The van der Waals surface area contributed by atoms with Crippen LogP contribution in [-0.4, -0.2) is 64.8 Å². The lowest BCUT2D eigenvalue weighted by Crippen LogP contribution is -3.00. The quantitative estimate of drug-likeness (QED) is 0.204. The van der Waals surface area contributed by atoms with Crippen LogP contribution in [0.4, 0.5) is 0 Å². The summed E-state index contributed by atoms with van der Waals surface area (Å²) in [6.45, 7) is 8.76. The number of rotatable bonds is 19. The van der Waals surface area contributed by atoms with Gasteiger partial charge >= 0.3 is 0 Å². The summed E-state index contributed by atoms with van der Waals surface area (Å²) in [5.41, 5.74) is 0. The average molecular weight is 455 g/mol. The van der Waals surface area contributed by atoms with Gasteiger partial charge in [0.05, 0.1) is 13.2 Å². The molecule has 0 aliphatic rings. The molecule has 4 nitrogen and oxygen atoms in total. The van der Waals surface area contributed by atoms with Gasteiger partial charge < -0.3 is 36.8 Å². The molecule has 0 saturated heterocycles. The van der Waals surface area contributed by atoms with Crippen molar-refractivity contribution in [3.63, 3.8) is 0 Å². The number of aliphatic hydroxyl groups excluding tert-OH is 3. The van der Waals surface area contributed by atoms with Crippen molar-refractivity contribution in [1.29, 1.82) is 0 Å². The molecule has 2 unspecified atom stereocenters. The van der Waals surface area contributed by atoms with E-state index >= 15 is 0 Å².